The zero-order valence-corrected chi connectivity index (χ0v) is 10.2. The first-order valence-electron chi connectivity index (χ1n) is 5.74. The molecule has 1 aromatic rings. The van der Waals surface area contributed by atoms with Crippen LogP contribution in [0, 0.1) is 11.3 Å². The SMILES string of the molecule is C=CC(C)(C)C(C)CCc1ccccc1. The summed E-state index contributed by atoms with van der Waals surface area (Å²) in [6.07, 6.45) is 4.46. The van der Waals surface area contributed by atoms with Gasteiger partial charge in [0, 0.05) is 0 Å². The molecule has 0 saturated heterocycles. The standard InChI is InChI=1S/C15H22/c1-5-15(3,4)13(2)11-12-14-9-7-6-8-10-14/h5-10,13H,1,11-12H2,2-4H3. The molecule has 15 heavy (non-hydrogen) atoms. The summed E-state index contributed by atoms with van der Waals surface area (Å²) in [4.78, 5) is 0. The average molecular weight is 202 g/mol. The molecule has 0 heteroatoms. The average Bonchev–Trinajstić information content (AvgIpc) is 2.27. The minimum atomic E-state index is 0.245. The molecule has 0 aromatic heterocycles. The minimum Gasteiger partial charge on any atom is -0.103 e. The Labute approximate surface area is 94.0 Å². The van der Waals surface area contributed by atoms with E-state index in [0.717, 1.165) is 0 Å². The number of benzene rings is 1. The van der Waals surface area contributed by atoms with Gasteiger partial charge >= 0.3 is 0 Å². The van der Waals surface area contributed by atoms with Gasteiger partial charge in [-0.15, -0.1) is 6.58 Å². The maximum absolute atomic E-state index is 3.91. The van der Waals surface area contributed by atoms with Gasteiger partial charge in [-0.3, -0.25) is 0 Å². The van der Waals surface area contributed by atoms with Crippen molar-refractivity contribution in [1.82, 2.24) is 0 Å². The van der Waals surface area contributed by atoms with Gasteiger partial charge < -0.3 is 0 Å². The van der Waals surface area contributed by atoms with Crippen LogP contribution in [0.25, 0.3) is 0 Å². The molecule has 0 aliphatic carbocycles. The Morgan fingerprint density at radius 2 is 1.87 bits per heavy atom. The van der Waals surface area contributed by atoms with Crippen LogP contribution in [-0.4, -0.2) is 0 Å². The molecule has 1 unspecified atom stereocenters. The zero-order valence-electron chi connectivity index (χ0n) is 10.2. The summed E-state index contributed by atoms with van der Waals surface area (Å²) in [6, 6.07) is 10.7. The Kier molecular flexibility index (Phi) is 4.14. The second-order valence-corrected chi connectivity index (χ2v) is 4.95. The Balaban J connectivity index is 2.48. The second kappa shape index (κ2) is 5.16. The fourth-order valence-corrected chi connectivity index (χ4v) is 1.60. The highest BCUT2D eigenvalue weighted by Crippen LogP contribution is 2.30. The Hall–Kier alpha value is -1.04. The van der Waals surface area contributed by atoms with E-state index in [1.807, 2.05) is 0 Å². The summed E-state index contributed by atoms with van der Waals surface area (Å²) in [5.41, 5.74) is 1.68. The van der Waals surface area contributed by atoms with Crippen LogP contribution >= 0.6 is 0 Å². The molecule has 1 aromatic carbocycles. The van der Waals surface area contributed by atoms with Gasteiger partial charge in [-0.1, -0.05) is 57.2 Å². The van der Waals surface area contributed by atoms with Gasteiger partial charge in [-0.25, -0.2) is 0 Å². The highest BCUT2D eigenvalue weighted by atomic mass is 14.3. The molecular weight excluding hydrogens is 180 g/mol. The van der Waals surface area contributed by atoms with E-state index in [1.54, 1.807) is 0 Å². The quantitative estimate of drug-likeness (QED) is 0.618. The molecule has 0 saturated carbocycles. The van der Waals surface area contributed by atoms with E-state index < -0.39 is 0 Å². The van der Waals surface area contributed by atoms with Crippen LogP contribution in [-0.2, 0) is 6.42 Å². The van der Waals surface area contributed by atoms with E-state index in [4.69, 9.17) is 0 Å². The monoisotopic (exact) mass is 202 g/mol. The third-order valence-corrected chi connectivity index (χ3v) is 3.51. The van der Waals surface area contributed by atoms with Crippen LogP contribution < -0.4 is 0 Å². The fourth-order valence-electron chi connectivity index (χ4n) is 1.60. The molecule has 0 nitrogen and oxygen atoms in total. The van der Waals surface area contributed by atoms with Gasteiger partial charge in [0.05, 0.1) is 0 Å². The van der Waals surface area contributed by atoms with Gasteiger partial charge in [-0.2, -0.15) is 0 Å². The predicted molar refractivity (Wildman–Crippen MR) is 67.9 cm³/mol. The maximum Gasteiger partial charge on any atom is -0.0152 e. The smallest absolute Gasteiger partial charge is 0.0152 e. The van der Waals surface area contributed by atoms with Crippen molar-refractivity contribution in [3.05, 3.63) is 48.6 Å². The lowest BCUT2D eigenvalue weighted by Crippen LogP contribution is -2.19. The molecule has 0 spiro atoms. The van der Waals surface area contributed by atoms with Gasteiger partial charge in [0.15, 0.2) is 0 Å². The van der Waals surface area contributed by atoms with Gasteiger partial charge in [0.1, 0.15) is 0 Å². The predicted octanol–water partition coefficient (Wildman–Crippen LogP) is 4.47. The number of hydrogen-bond acceptors (Lipinski definition) is 0. The van der Waals surface area contributed by atoms with Crippen molar-refractivity contribution in [1.29, 1.82) is 0 Å². The summed E-state index contributed by atoms with van der Waals surface area (Å²) in [7, 11) is 0. The lowest BCUT2D eigenvalue weighted by molar-refractivity contribution is 0.290. The molecule has 0 aliphatic heterocycles. The number of aryl methyl sites for hydroxylation is 1. The van der Waals surface area contributed by atoms with E-state index in [1.165, 1.54) is 18.4 Å². The Morgan fingerprint density at radius 1 is 1.27 bits per heavy atom. The molecule has 0 fully saturated rings. The Morgan fingerprint density at radius 3 is 2.40 bits per heavy atom. The van der Waals surface area contributed by atoms with Crippen LogP contribution in [0.4, 0.5) is 0 Å². The number of allylic oxidation sites excluding steroid dienone is 1. The molecule has 1 atom stereocenters. The van der Waals surface area contributed by atoms with E-state index in [0.29, 0.717) is 5.92 Å². The third kappa shape index (κ3) is 3.54. The van der Waals surface area contributed by atoms with Crippen molar-refractivity contribution in [3.8, 4) is 0 Å². The summed E-state index contributed by atoms with van der Waals surface area (Å²) < 4.78 is 0. The van der Waals surface area contributed by atoms with Crippen LogP contribution in [0.5, 0.6) is 0 Å². The van der Waals surface area contributed by atoms with Crippen LogP contribution in [0.2, 0.25) is 0 Å². The molecule has 1 rings (SSSR count). The normalized spacial score (nSPS) is 13.5. The van der Waals surface area contributed by atoms with Crippen molar-refractivity contribution >= 4 is 0 Å². The number of hydrogen-bond donors (Lipinski definition) is 0. The molecule has 82 valence electrons. The molecule has 0 radical (unpaired) electrons. The van der Waals surface area contributed by atoms with E-state index in [9.17, 15) is 0 Å². The second-order valence-electron chi connectivity index (χ2n) is 4.95. The first kappa shape index (κ1) is 12.0. The third-order valence-electron chi connectivity index (χ3n) is 3.51. The first-order valence-corrected chi connectivity index (χ1v) is 5.74. The molecule has 0 aliphatic rings. The van der Waals surface area contributed by atoms with Gasteiger partial charge in [0.25, 0.3) is 0 Å². The summed E-state index contributed by atoms with van der Waals surface area (Å²) in [5, 5.41) is 0. The fraction of sp³-hybridized carbons (Fsp3) is 0.467. The lowest BCUT2D eigenvalue weighted by Gasteiger charge is -2.28. The summed E-state index contributed by atoms with van der Waals surface area (Å²) in [5.74, 6) is 0.676. The molecule has 0 amide bonds. The molecule has 0 heterocycles. The highest BCUT2D eigenvalue weighted by molar-refractivity contribution is 5.14. The molecular formula is C15H22. The summed E-state index contributed by atoms with van der Waals surface area (Å²) in [6.45, 7) is 10.7. The van der Waals surface area contributed by atoms with E-state index in [-0.39, 0.29) is 5.41 Å². The van der Waals surface area contributed by atoms with Crippen molar-refractivity contribution in [2.45, 2.75) is 33.6 Å². The minimum absolute atomic E-state index is 0.245. The van der Waals surface area contributed by atoms with Crippen molar-refractivity contribution in [2.24, 2.45) is 11.3 Å². The van der Waals surface area contributed by atoms with E-state index in [2.05, 4.69) is 63.8 Å². The zero-order chi connectivity index (χ0) is 11.3. The van der Waals surface area contributed by atoms with Crippen LogP contribution in [0.1, 0.15) is 32.8 Å². The molecule has 0 bridgehead atoms. The maximum atomic E-state index is 3.91. The van der Waals surface area contributed by atoms with Crippen LogP contribution in [0.3, 0.4) is 0 Å². The lowest BCUT2D eigenvalue weighted by atomic mass is 9.77. The van der Waals surface area contributed by atoms with Crippen molar-refractivity contribution in [2.75, 3.05) is 0 Å². The largest absolute Gasteiger partial charge is 0.103 e. The molecule has 0 N–H and O–H groups in total. The van der Waals surface area contributed by atoms with Crippen LogP contribution in [0.15, 0.2) is 43.0 Å². The first-order chi connectivity index (χ1) is 7.06. The Bertz CT molecular complexity index is 295. The topological polar surface area (TPSA) is 0 Å². The van der Waals surface area contributed by atoms with Crippen molar-refractivity contribution < 1.29 is 0 Å². The van der Waals surface area contributed by atoms with E-state index >= 15 is 0 Å². The van der Waals surface area contributed by atoms with Gasteiger partial charge in [-0.05, 0) is 29.7 Å². The van der Waals surface area contributed by atoms with Gasteiger partial charge in [0.2, 0.25) is 0 Å². The number of rotatable bonds is 5. The summed E-state index contributed by atoms with van der Waals surface area (Å²) >= 11 is 0. The highest BCUT2D eigenvalue weighted by Gasteiger charge is 2.21. The van der Waals surface area contributed by atoms with Crippen molar-refractivity contribution in [3.63, 3.8) is 0 Å².